The molecule has 6 nitrogen and oxygen atoms in total. The first kappa shape index (κ1) is 21.7. The van der Waals surface area contributed by atoms with Gasteiger partial charge in [-0.05, 0) is 43.5 Å². The number of amides is 1. The van der Waals surface area contributed by atoms with Gasteiger partial charge in [-0.2, -0.15) is 0 Å². The maximum Gasteiger partial charge on any atom is 0.220 e. The summed E-state index contributed by atoms with van der Waals surface area (Å²) in [5, 5.41) is 3.16. The van der Waals surface area contributed by atoms with Crippen LogP contribution in [0.2, 0.25) is 0 Å². The summed E-state index contributed by atoms with van der Waals surface area (Å²) in [7, 11) is 0. The highest BCUT2D eigenvalue weighted by Gasteiger charge is 2.23. The SMILES string of the molecule is CCOc1ccccc1OCCCC(=O)N[C@@H](c1nc2ccccc2[nH]1)[C@H](C)CC. The molecule has 1 amide bonds. The first-order valence-electron chi connectivity index (χ1n) is 10.7. The van der Waals surface area contributed by atoms with Crippen LogP contribution in [-0.2, 0) is 4.79 Å². The highest BCUT2D eigenvalue weighted by atomic mass is 16.5. The lowest BCUT2D eigenvalue weighted by molar-refractivity contribution is -0.122. The summed E-state index contributed by atoms with van der Waals surface area (Å²) in [5.74, 6) is 2.51. The lowest BCUT2D eigenvalue weighted by Gasteiger charge is -2.22. The van der Waals surface area contributed by atoms with Gasteiger partial charge in [0.1, 0.15) is 5.82 Å². The molecule has 1 heterocycles. The van der Waals surface area contributed by atoms with Gasteiger partial charge in [-0.1, -0.05) is 44.5 Å². The van der Waals surface area contributed by atoms with E-state index >= 15 is 0 Å². The molecule has 2 N–H and O–H groups in total. The lowest BCUT2D eigenvalue weighted by Crippen LogP contribution is -2.33. The van der Waals surface area contributed by atoms with Crippen LogP contribution < -0.4 is 14.8 Å². The molecule has 2 aromatic carbocycles. The fraction of sp³-hybridized carbons (Fsp3) is 0.417. The second-order valence-corrected chi connectivity index (χ2v) is 7.40. The zero-order chi connectivity index (χ0) is 21.3. The number of nitrogens with zero attached hydrogens (tertiary/aromatic N) is 1. The number of hydrogen-bond donors (Lipinski definition) is 2. The molecule has 160 valence electrons. The second kappa shape index (κ2) is 10.7. The number of rotatable bonds is 11. The van der Waals surface area contributed by atoms with Crippen LogP contribution in [-0.4, -0.2) is 29.1 Å². The summed E-state index contributed by atoms with van der Waals surface area (Å²) in [6, 6.07) is 15.4. The average molecular weight is 410 g/mol. The Morgan fingerprint density at radius 3 is 2.47 bits per heavy atom. The van der Waals surface area contributed by atoms with Gasteiger partial charge in [-0.15, -0.1) is 0 Å². The number of carbonyl (C=O) groups is 1. The summed E-state index contributed by atoms with van der Waals surface area (Å²) in [4.78, 5) is 20.7. The molecule has 0 saturated heterocycles. The summed E-state index contributed by atoms with van der Waals surface area (Å²) >= 11 is 0. The van der Waals surface area contributed by atoms with E-state index < -0.39 is 0 Å². The van der Waals surface area contributed by atoms with Crippen LogP contribution in [0.3, 0.4) is 0 Å². The molecule has 30 heavy (non-hydrogen) atoms. The van der Waals surface area contributed by atoms with E-state index in [-0.39, 0.29) is 17.9 Å². The molecule has 0 unspecified atom stereocenters. The first-order valence-corrected chi connectivity index (χ1v) is 10.7. The van der Waals surface area contributed by atoms with E-state index in [9.17, 15) is 4.79 Å². The number of aromatic nitrogens is 2. The molecule has 1 aromatic heterocycles. The highest BCUT2D eigenvalue weighted by molar-refractivity contribution is 5.77. The first-order chi connectivity index (χ1) is 14.6. The van der Waals surface area contributed by atoms with Crippen LogP contribution in [0.1, 0.15) is 51.9 Å². The van der Waals surface area contributed by atoms with Crippen molar-refractivity contribution in [1.82, 2.24) is 15.3 Å². The Balaban J connectivity index is 1.55. The van der Waals surface area contributed by atoms with Crippen molar-refractivity contribution < 1.29 is 14.3 Å². The van der Waals surface area contributed by atoms with Crippen molar-refractivity contribution >= 4 is 16.9 Å². The molecule has 2 atom stereocenters. The largest absolute Gasteiger partial charge is 0.490 e. The van der Waals surface area contributed by atoms with Gasteiger partial charge in [0.05, 0.1) is 30.3 Å². The molecule has 6 heteroatoms. The van der Waals surface area contributed by atoms with Crippen LogP contribution in [0.25, 0.3) is 11.0 Å². The molecule has 0 aliphatic heterocycles. The number of carbonyl (C=O) groups excluding carboxylic acids is 1. The van der Waals surface area contributed by atoms with Gasteiger partial charge in [0, 0.05) is 6.42 Å². The van der Waals surface area contributed by atoms with Gasteiger partial charge in [0.25, 0.3) is 0 Å². The van der Waals surface area contributed by atoms with Crippen LogP contribution >= 0.6 is 0 Å². The third-order valence-electron chi connectivity index (χ3n) is 5.19. The lowest BCUT2D eigenvalue weighted by atomic mass is 9.98. The predicted molar refractivity (Wildman–Crippen MR) is 119 cm³/mol. The second-order valence-electron chi connectivity index (χ2n) is 7.40. The normalized spacial score (nSPS) is 13.0. The maximum atomic E-state index is 12.6. The molecule has 3 rings (SSSR count). The fourth-order valence-electron chi connectivity index (χ4n) is 3.34. The number of H-pyrrole nitrogens is 1. The van der Waals surface area contributed by atoms with E-state index in [2.05, 4.69) is 29.1 Å². The van der Waals surface area contributed by atoms with Crippen molar-refractivity contribution in [3.8, 4) is 11.5 Å². The van der Waals surface area contributed by atoms with E-state index in [1.165, 1.54) is 0 Å². The summed E-state index contributed by atoms with van der Waals surface area (Å²) in [6.07, 6.45) is 1.96. The fourth-order valence-corrected chi connectivity index (χ4v) is 3.34. The number of hydrogen-bond acceptors (Lipinski definition) is 4. The average Bonchev–Trinajstić information content (AvgIpc) is 3.19. The molecular formula is C24H31N3O3. The predicted octanol–water partition coefficient (Wildman–Crippen LogP) is 5.02. The van der Waals surface area contributed by atoms with Gasteiger partial charge in [0.2, 0.25) is 5.91 Å². The van der Waals surface area contributed by atoms with Crippen LogP contribution in [0.5, 0.6) is 11.5 Å². The number of nitrogens with one attached hydrogen (secondary N) is 2. The monoisotopic (exact) mass is 409 g/mol. The summed E-state index contributed by atoms with van der Waals surface area (Å²) < 4.78 is 11.4. The van der Waals surface area contributed by atoms with Crippen molar-refractivity contribution in [3.63, 3.8) is 0 Å². The Labute approximate surface area is 178 Å². The van der Waals surface area contributed by atoms with E-state index in [1.54, 1.807) is 0 Å². The number of benzene rings is 2. The van der Waals surface area contributed by atoms with Crippen LogP contribution in [0.4, 0.5) is 0 Å². The number of aromatic amines is 1. The minimum absolute atomic E-state index is 0.00227. The van der Waals surface area contributed by atoms with Crippen LogP contribution in [0.15, 0.2) is 48.5 Å². The molecule has 0 aliphatic rings. The zero-order valence-electron chi connectivity index (χ0n) is 18.0. The number of para-hydroxylation sites is 4. The van der Waals surface area contributed by atoms with Crippen molar-refractivity contribution in [1.29, 1.82) is 0 Å². The number of ether oxygens (including phenoxy) is 2. The van der Waals surface area contributed by atoms with E-state index in [1.807, 2.05) is 55.5 Å². The van der Waals surface area contributed by atoms with E-state index in [4.69, 9.17) is 9.47 Å². The summed E-state index contributed by atoms with van der Waals surface area (Å²) in [5.41, 5.74) is 1.90. The van der Waals surface area contributed by atoms with Crippen molar-refractivity contribution in [2.45, 2.75) is 46.1 Å². The Morgan fingerprint density at radius 1 is 1.07 bits per heavy atom. The molecule has 0 fully saturated rings. The molecule has 0 spiro atoms. The van der Waals surface area contributed by atoms with Crippen molar-refractivity contribution in [2.24, 2.45) is 5.92 Å². The Morgan fingerprint density at radius 2 is 1.77 bits per heavy atom. The number of imidazole rings is 1. The third-order valence-corrected chi connectivity index (χ3v) is 5.19. The van der Waals surface area contributed by atoms with Gasteiger partial charge in [-0.25, -0.2) is 4.98 Å². The molecule has 0 aliphatic carbocycles. The van der Waals surface area contributed by atoms with Gasteiger partial charge in [-0.3, -0.25) is 4.79 Å². The molecular weight excluding hydrogens is 378 g/mol. The topological polar surface area (TPSA) is 76.2 Å². The van der Waals surface area contributed by atoms with Gasteiger partial charge >= 0.3 is 0 Å². The Bertz CT molecular complexity index is 921. The van der Waals surface area contributed by atoms with Crippen LogP contribution in [0, 0.1) is 5.92 Å². The van der Waals surface area contributed by atoms with Crippen molar-refractivity contribution in [2.75, 3.05) is 13.2 Å². The quantitative estimate of drug-likeness (QED) is 0.436. The van der Waals surface area contributed by atoms with Gasteiger partial charge in [0.15, 0.2) is 11.5 Å². The molecule has 0 bridgehead atoms. The van der Waals surface area contributed by atoms with E-state index in [0.29, 0.717) is 31.8 Å². The van der Waals surface area contributed by atoms with Crippen molar-refractivity contribution in [3.05, 3.63) is 54.4 Å². The van der Waals surface area contributed by atoms with E-state index in [0.717, 1.165) is 29.0 Å². The Kier molecular flexibility index (Phi) is 7.71. The smallest absolute Gasteiger partial charge is 0.220 e. The number of fused-ring (bicyclic) bond motifs is 1. The Hall–Kier alpha value is -3.02. The standard InChI is InChI=1S/C24H31N3O3/c1-4-17(3)23(24-25-18-11-6-7-12-19(18)26-24)27-22(28)15-10-16-30-21-14-9-8-13-20(21)29-5-2/h6-9,11-14,17,23H,4-5,10,15-16H2,1-3H3,(H,25,26)(H,27,28)/t17-,23-/m1/s1. The third kappa shape index (κ3) is 5.53. The molecule has 0 radical (unpaired) electrons. The molecule has 3 aromatic rings. The van der Waals surface area contributed by atoms with Gasteiger partial charge < -0.3 is 19.8 Å². The zero-order valence-corrected chi connectivity index (χ0v) is 18.0. The maximum absolute atomic E-state index is 12.6. The highest BCUT2D eigenvalue weighted by Crippen LogP contribution is 2.27. The summed E-state index contributed by atoms with van der Waals surface area (Å²) in [6.45, 7) is 7.23. The minimum Gasteiger partial charge on any atom is -0.490 e. The molecule has 0 saturated carbocycles. The minimum atomic E-state index is -0.144.